The van der Waals surface area contributed by atoms with Crippen molar-refractivity contribution in [1.82, 2.24) is 10.2 Å². The van der Waals surface area contributed by atoms with Crippen molar-refractivity contribution in [2.24, 2.45) is 75.4 Å². The molecule has 6 aliphatic carbocycles. The monoisotopic (exact) mass is 769 g/mol. The van der Waals surface area contributed by atoms with Crippen molar-refractivity contribution >= 4 is 17.5 Å². The number of ether oxygens (including phenoxy) is 1. The molecule has 2 N–H and O–H groups in total. The molecule has 0 radical (unpaired) electrons. The van der Waals surface area contributed by atoms with Crippen LogP contribution >= 0.6 is 0 Å². The van der Waals surface area contributed by atoms with E-state index in [1.54, 1.807) is 5.57 Å². The third-order valence-corrected chi connectivity index (χ3v) is 18.1. The number of carboxylic acids is 1. The zero-order chi connectivity index (χ0) is 39.6. The predicted molar refractivity (Wildman–Crippen MR) is 221 cm³/mol. The fraction of sp³-hybridized carbons (Fsp3) is 0.776. The molecule has 1 heterocycles. The molecule has 5 saturated carbocycles. The first-order valence-electron chi connectivity index (χ1n) is 22.9. The molecule has 12 atom stereocenters. The molecular weight excluding hydrogens is 697 g/mol. The number of aliphatic carboxylic acids is 1. The summed E-state index contributed by atoms with van der Waals surface area (Å²) in [7, 11) is 0. The number of carbonyl (C=O) groups excluding carboxylic acids is 2. The number of hydrogen-bond donors (Lipinski definition) is 2. The molecule has 0 bridgehead atoms. The Balaban J connectivity index is 0.924. The minimum Gasteiger partial charge on any atom is -0.481 e. The molecule has 6 fully saturated rings. The highest BCUT2D eigenvalue weighted by molar-refractivity contribution is 6.00. The molecule has 7 aliphatic rings. The second-order valence-corrected chi connectivity index (χ2v) is 21.0. The summed E-state index contributed by atoms with van der Waals surface area (Å²) in [5.74, 6) is 3.29. The summed E-state index contributed by atoms with van der Waals surface area (Å²) >= 11 is 0. The lowest BCUT2D eigenvalue weighted by atomic mass is 9.37. The van der Waals surface area contributed by atoms with E-state index < -0.39 is 5.97 Å². The van der Waals surface area contributed by atoms with Crippen molar-refractivity contribution in [2.45, 2.75) is 132 Å². The standard InChI is InChI=1S/C49H72N2O5/c1-30(2)44-42(53)27-49(19-20-50-28-33-7-9-34(10-8-33)29-51-21-23-56-24-22-51)18-15-40-36(45(44)49)11-12-43-47(5)16-13-35(31(3)39(47)14-17-48(40,43)6)25-41(52)37-26-38(32(37)4)46(54)55/h7-10,30-32,35-40,43,50H,11-29H2,1-6H3,(H,54,55). The minimum atomic E-state index is -0.743. The molecule has 1 saturated heterocycles. The van der Waals surface area contributed by atoms with E-state index in [9.17, 15) is 19.5 Å². The number of ketones is 2. The van der Waals surface area contributed by atoms with Gasteiger partial charge in [0.15, 0.2) is 5.78 Å². The van der Waals surface area contributed by atoms with E-state index in [-0.39, 0.29) is 39.9 Å². The second-order valence-electron chi connectivity index (χ2n) is 21.0. The molecule has 1 aliphatic heterocycles. The van der Waals surface area contributed by atoms with Crippen LogP contribution in [-0.4, -0.2) is 60.4 Å². The molecule has 12 unspecified atom stereocenters. The third-order valence-electron chi connectivity index (χ3n) is 18.1. The molecule has 0 spiro atoms. The Hall–Kier alpha value is -2.35. The van der Waals surface area contributed by atoms with Crippen LogP contribution in [0.15, 0.2) is 35.4 Å². The third kappa shape index (κ3) is 6.99. The van der Waals surface area contributed by atoms with E-state index in [1.165, 1.54) is 55.2 Å². The van der Waals surface area contributed by atoms with E-state index in [4.69, 9.17) is 4.74 Å². The van der Waals surface area contributed by atoms with Gasteiger partial charge in [-0.15, -0.1) is 0 Å². The minimum absolute atomic E-state index is 0.0126. The van der Waals surface area contributed by atoms with Crippen molar-refractivity contribution in [2.75, 3.05) is 32.8 Å². The maximum atomic E-state index is 14.0. The van der Waals surface area contributed by atoms with Gasteiger partial charge < -0.3 is 15.2 Å². The normalized spacial score (nSPS) is 41.1. The molecule has 8 rings (SSSR count). The van der Waals surface area contributed by atoms with Gasteiger partial charge in [0, 0.05) is 50.4 Å². The van der Waals surface area contributed by atoms with Crippen LogP contribution in [0.4, 0.5) is 0 Å². The SMILES string of the molecule is CC(C)C1=C2C3CCC4C(C)(CCC5C(C)C(CC(=O)C6CC(C(=O)O)C6C)CCC54C)C3CCC2(CCNCc2ccc(CN3CCOCC3)cc2)CC1=O. The molecule has 1 aromatic carbocycles. The summed E-state index contributed by atoms with van der Waals surface area (Å²) in [5, 5.41) is 13.3. The van der Waals surface area contributed by atoms with E-state index in [2.05, 4.69) is 69.1 Å². The number of hydrogen-bond acceptors (Lipinski definition) is 6. The fourth-order valence-corrected chi connectivity index (χ4v) is 15.0. The maximum Gasteiger partial charge on any atom is 0.306 e. The van der Waals surface area contributed by atoms with E-state index in [0.717, 1.165) is 65.2 Å². The highest BCUT2D eigenvalue weighted by Gasteiger charge is 2.64. The van der Waals surface area contributed by atoms with Gasteiger partial charge >= 0.3 is 5.97 Å². The Kier molecular flexibility index (Phi) is 11.3. The Morgan fingerprint density at radius 1 is 0.893 bits per heavy atom. The van der Waals surface area contributed by atoms with Crippen LogP contribution < -0.4 is 5.32 Å². The van der Waals surface area contributed by atoms with Crippen LogP contribution in [0.1, 0.15) is 130 Å². The number of rotatable bonds is 12. The first kappa shape index (κ1) is 40.4. The summed E-state index contributed by atoms with van der Waals surface area (Å²) in [6, 6.07) is 9.13. The van der Waals surface area contributed by atoms with Gasteiger partial charge in [-0.3, -0.25) is 19.3 Å². The number of nitrogens with one attached hydrogen (secondary N) is 1. The van der Waals surface area contributed by atoms with E-state index in [1.807, 2.05) is 6.92 Å². The Morgan fingerprint density at radius 3 is 2.27 bits per heavy atom. The predicted octanol–water partition coefficient (Wildman–Crippen LogP) is 9.13. The summed E-state index contributed by atoms with van der Waals surface area (Å²) in [5.41, 5.74) is 6.07. The quantitative estimate of drug-likeness (QED) is 0.205. The summed E-state index contributed by atoms with van der Waals surface area (Å²) in [6.07, 6.45) is 12.7. The van der Waals surface area contributed by atoms with Crippen molar-refractivity contribution in [3.63, 3.8) is 0 Å². The van der Waals surface area contributed by atoms with Crippen molar-refractivity contribution in [1.29, 1.82) is 0 Å². The first-order chi connectivity index (χ1) is 26.8. The van der Waals surface area contributed by atoms with Gasteiger partial charge in [-0.1, -0.05) is 71.4 Å². The number of morpholine rings is 1. The Morgan fingerprint density at radius 2 is 1.57 bits per heavy atom. The first-order valence-corrected chi connectivity index (χ1v) is 22.9. The molecule has 0 aromatic heterocycles. The van der Waals surface area contributed by atoms with Gasteiger partial charge in [-0.2, -0.15) is 0 Å². The topological polar surface area (TPSA) is 95.9 Å². The number of allylic oxidation sites excluding steroid dienone is 2. The average molecular weight is 769 g/mol. The van der Waals surface area contributed by atoms with Gasteiger partial charge in [0.1, 0.15) is 5.78 Å². The maximum absolute atomic E-state index is 14.0. The van der Waals surface area contributed by atoms with Gasteiger partial charge in [0.05, 0.1) is 19.1 Å². The summed E-state index contributed by atoms with van der Waals surface area (Å²) < 4.78 is 5.52. The van der Waals surface area contributed by atoms with Gasteiger partial charge in [-0.05, 0) is 146 Å². The zero-order valence-corrected chi connectivity index (χ0v) is 35.5. The lowest BCUT2D eigenvalue weighted by Gasteiger charge is -2.67. The lowest BCUT2D eigenvalue weighted by molar-refractivity contribution is -0.172. The van der Waals surface area contributed by atoms with Crippen molar-refractivity contribution in [3.8, 4) is 0 Å². The largest absolute Gasteiger partial charge is 0.481 e. The molecule has 308 valence electrons. The highest BCUT2D eigenvalue weighted by Crippen LogP contribution is 2.72. The Labute approximate surface area is 337 Å². The zero-order valence-electron chi connectivity index (χ0n) is 35.5. The molecule has 0 amide bonds. The number of fused-ring (bicyclic) bond motifs is 7. The van der Waals surface area contributed by atoms with Gasteiger partial charge in [0.2, 0.25) is 0 Å². The number of benzene rings is 1. The van der Waals surface area contributed by atoms with Crippen LogP contribution in [0.3, 0.4) is 0 Å². The van der Waals surface area contributed by atoms with E-state index in [0.29, 0.717) is 66.3 Å². The van der Waals surface area contributed by atoms with Gasteiger partial charge in [0.25, 0.3) is 0 Å². The molecule has 7 heteroatoms. The summed E-state index contributed by atoms with van der Waals surface area (Å²) in [6.45, 7) is 20.7. The van der Waals surface area contributed by atoms with Crippen LogP contribution in [-0.2, 0) is 32.2 Å². The molecule has 7 nitrogen and oxygen atoms in total. The molecule has 56 heavy (non-hydrogen) atoms. The number of carboxylic acid groups (broad SMARTS) is 1. The molecule has 1 aromatic rings. The average Bonchev–Trinajstić information content (AvgIpc) is 3.47. The van der Waals surface area contributed by atoms with Crippen LogP contribution in [0.5, 0.6) is 0 Å². The molecular formula is C49H72N2O5. The number of carbonyl (C=O) groups is 3. The van der Waals surface area contributed by atoms with Crippen molar-refractivity contribution < 1.29 is 24.2 Å². The van der Waals surface area contributed by atoms with E-state index >= 15 is 0 Å². The van der Waals surface area contributed by atoms with Crippen LogP contribution in [0.25, 0.3) is 0 Å². The van der Waals surface area contributed by atoms with Crippen molar-refractivity contribution in [3.05, 3.63) is 46.5 Å². The summed E-state index contributed by atoms with van der Waals surface area (Å²) in [4.78, 5) is 41.6. The second kappa shape index (κ2) is 15.7. The fourth-order valence-electron chi connectivity index (χ4n) is 15.0. The smallest absolute Gasteiger partial charge is 0.306 e. The van der Waals surface area contributed by atoms with Crippen LogP contribution in [0.2, 0.25) is 0 Å². The highest BCUT2D eigenvalue weighted by atomic mass is 16.5. The Bertz CT molecular complexity index is 1680. The number of Topliss-reactive ketones (excluding diaryl/α,β-unsaturated/α-hetero) is 2. The van der Waals surface area contributed by atoms with Gasteiger partial charge in [-0.25, -0.2) is 0 Å². The number of nitrogens with zero attached hydrogens (tertiary/aromatic N) is 1. The lowest BCUT2D eigenvalue weighted by Crippen LogP contribution is -2.60. The van der Waals surface area contributed by atoms with Crippen LogP contribution in [0, 0.1) is 75.4 Å².